The summed E-state index contributed by atoms with van der Waals surface area (Å²) in [5.41, 5.74) is 0.555. The van der Waals surface area contributed by atoms with Crippen LogP contribution in [-0.2, 0) is 23.9 Å². The van der Waals surface area contributed by atoms with E-state index in [2.05, 4.69) is 16.0 Å². The molecule has 2 heterocycles. The number of allylic oxidation sites excluding steroid dienone is 1. The number of benzene rings is 1. The number of hydrogen-bond acceptors (Lipinski definition) is 8. The smallest absolute Gasteiger partial charge is 0.309 e. The molecular formula is C24H31N3O6S2. The minimum Gasteiger partial charge on any atom is -0.457 e. The van der Waals surface area contributed by atoms with Gasteiger partial charge < -0.3 is 25.8 Å². The van der Waals surface area contributed by atoms with Gasteiger partial charge in [0.25, 0.3) is 0 Å². The molecule has 1 fully saturated rings. The van der Waals surface area contributed by atoms with Gasteiger partial charge in [0.05, 0.1) is 25.0 Å². The van der Waals surface area contributed by atoms with E-state index >= 15 is 0 Å². The standard InChI is InChI=1S/C24H31N3O6S2/c1-2-17-19(28)13-21(30)33-16-10-6-7-11-34-35-14-18(23(31)25-17)26-24(32)22(27-20(29)12-16)15-8-4-3-5-9-15/h3-6,8-10,16-19,22,28H,2,7,11-14H2,1H3,(H,25,31)(H,26,32)(H,27,29)/b10-6+/t16-,17-,18-,19+,22-/m1/s1. The first-order chi connectivity index (χ1) is 16.9. The summed E-state index contributed by atoms with van der Waals surface area (Å²) in [6.07, 6.45) is 2.00. The lowest BCUT2D eigenvalue weighted by Gasteiger charge is -2.26. The van der Waals surface area contributed by atoms with Crippen LogP contribution < -0.4 is 16.0 Å². The van der Waals surface area contributed by atoms with Crippen molar-refractivity contribution in [3.8, 4) is 0 Å². The van der Waals surface area contributed by atoms with Crippen molar-refractivity contribution in [3.05, 3.63) is 48.0 Å². The molecule has 1 aromatic rings. The minimum atomic E-state index is -1.18. The van der Waals surface area contributed by atoms with Gasteiger partial charge in [-0.1, -0.05) is 64.9 Å². The number of carbonyl (C=O) groups is 4. The highest BCUT2D eigenvalue weighted by Crippen LogP contribution is 2.24. The molecule has 11 heteroatoms. The van der Waals surface area contributed by atoms with Gasteiger partial charge >= 0.3 is 5.97 Å². The van der Waals surface area contributed by atoms with Crippen LogP contribution in [0.25, 0.3) is 0 Å². The van der Waals surface area contributed by atoms with Gasteiger partial charge in [-0.15, -0.1) is 0 Å². The van der Waals surface area contributed by atoms with Crippen molar-refractivity contribution in [2.24, 2.45) is 0 Å². The summed E-state index contributed by atoms with van der Waals surface area (Å²) in [4.78, 5) is 52.0. The van der Waals surface area contributed by atoms with Crippen LogP contribution in [0.5, 0.6) is 0 Å². The molecule has 0 spiro atoms. The molecule has 2 aliphatic rings. The van der Waals surface area contributed by atoms with E-state index in [9.17, 15) is 24.3 Å². The highest BCUT2D eigenvalue weighted by atomic mass is 33.1. The third kappa shape index (κ3) is 8.29. The zero-order chi connectivity index (χ0) is 25.2. The van der Waals surface area contributed by atoms with E-state index in [4.69, 9.17) is 4.74 Å². The van der Waals surface area contributed by atoms with Crippen LogP contribution in [0.15, 0.2) is 42.5 Å². The second-order valence-corrected chi connectivity index (χ2v) is 11.0. The fraction of sp³-hybridized carbons (Fsp3) is 0.500. The first-order valence-corrected chi connectivity index (χ1v) is 14.1. The van der Waals surface area contributed by atoms with E-state index in [-0.39, 0.29) is 12.8 Å². The Morgan fingerprint density at radius 3 is 2.51 bits per heavy atom. The normalized spacial score (nSPS) is 30.4. The lowest BCUT2D eigenvalue weighted by atomic mass is 10.0. The molecule has 9 nitrogen and oxygen atoms in total. The van der Waals surface area contributed by atoms with E-state index in [0.29, 0.717) is 24.2 Å². The average molecular weight is 522 g/mol. The maximum atomic E-state index is 13.3. The largest absolute Gasteiger partial charge is 0.457 e. The lowest BCUT2D eigenvalue weighted by Crippen LogP contribution is -2.55. The van der Waals surface area contributed by atoms with E-state index < -0.39 is 54.0 Å². The molecule has 3 rings (SSSR count). The van der Waals surface area contributed by atoms with Gasteiger partial charge in [0, 0.05) is 11.5 Å². The zero-order valence-corrected chi connectivity index (χ0v) is 21.1. The predicted octanol–water partition coefficient (Wildman–Crippen LogP) is 1.63. The summed E-state index contributed by atoms with van der Waals surface area (Å²) in [6, 6.07) is 6.08. The molecule has 0 aromatic heterocycles. The third-order valence-corrected chi connectivity index (χ3v) is 8.09. The highest BCUT2D eigenvalue weighted by Gasteiger charge is 2.32. The number of ether oxygens (including phenoxy) is 1. The van der Waals surface area contributed by atoms with E-state index in [0.717, 1.165) is 5.75 Å². The molecule has 0 unspecified atom stereocenters. The minimum absolute atomic E-state index is 0.186. The van der Waals surface area contributed by atoms with Crippen molar-refractivity contribution < 1.29 is 29.0 Å². The van der Waals surface area contributed by atoms with Crippen LogP contribution in [0.4, 0.5) is 0 Å². The molecule has 2 aliphatic heterocycles. The topological polar surface area (TPSA) is 134 Å². The van der Waals surface area contributed by atoms with Crippen LogP contribution in [-0.4, -0.2) is 64.6 Å². The Morgan fingerprint density at radius 1 is 1.00 bits per heavy atom. The van der Waals surface area contributed by atoms with Crippen molar-refractivity contribution in [1.29, 1.82) is 0 Å². The second-order valence-electron chi connectivity index (χ2n) is 8.32. The molecule has 1 saturated heterocycles. The monoisotopic (exact) mass is 521 g/mol. The second kappa shape index (κ2) is 13.6. The molecule has 4 N–H and O–H groups in total. The number of amides is 3. The van der Waals surface area contributed by atoms with E-state index in [1.807, 2.05) is 6.08 Å². The summed E-state index contributed by atoms with van der Waals surface area (Å²) >= 11 is 0. The Morgan fingerprint density at radius 2 is 1.77 bits per heavy atom. The number of aliphatic hydroxyl groups excluding tert-OH is 1. The SMILES string of the molecule is CC[C@H]1NC(=O)[C@H]2CSSCC/C=C/[C@H](CC(=O)N[C@H](c3ccccc3)C(=O)N2)OC(=O)C[C@@H]1O. The van der Waals surface area contributed by atoms with Crippen molar-refractivity contribution in [1.82, 2.24) is 16.0 Å². The van der Waals surface area contributed by atoms with Crippen LogP contribution in [0.1, 0.15) is 44.2 Å². The van der Waals surface area contributed by atoms with Gasteiger partial charge in [0.15, 0.2) is 0 Å². The number of carbonyl (C=O) groups excluding carboxylic acids is 4. The highest BCUT2D eigenvalue weighted by molar-refractivity contribution is 8.76. The number of hydrogen-bond donors (Lipinski definition) is 4. The molecule has 0 aliphatic carbocycles. The van der Waals surface area contributed by atoms with E-state index in [1.165, 1.54) is 10.8 Å². The molecular weight excluding hydrogens is 490 g/mol. The Hall–Kier alpha value is -2.50. The van der Waals surface area contributed by atoms with Crippen molar-refractivity contribution in [2.45, 2.75) is 62.9 Å². The molecule has 0 saturated carbocycles. The van der Waals surface area contributed by atoms with Gasteiger partial charge in [-0.2, -0.15) is 0 Å². The van der Waals surface area contributed by atoms with Crippen molar-refractivity contribution >= 4 is 45.3 Å². The van der Waals surface area contributed by atoms with Crippen LogP contribution in [0, 0.1) is 0 Å². The van der Waals surface area contributed by atoms with Gasteiger partial charge in [0.2, 0.25) is 17.7 Å². The fourth-order valence-electron chi connectivity index (χ4n) is 3.76. The van der Waals surface area contributed by atoms with Crippen molar-refractivity contribution in [3.63, 3.8) is 0 Å². The molecule has 5 atom stereocenters. The lowest BCUT2D eigenvalue weighted by molar-refractivity contribution is -0.151. The van der Waals surface area contributed by atoms with Gasteiger partial charge in [-0.25, -0.2) is 0 Å². The van der Waals surface area contributed by atoms with Gasteiger partial charge in [-0.3, -0.25) is 19.2 Å². The van der Waals surface area contributed by atoms with Crippen LogP contribution in [0.2, 0.25) is 0 Å². The van der Waals surface area contributed by atoms with Crippen molar-refractivity contribution in [2.75, 3.05) is 11.5 Å². The summed E-state index contributed by atoms with van der Waals surface area (Å²) in [7, 11) is 3.01. The van der Waals surface area contributed by atoms with Gasteiger partial charge in [-0.05, 0) is 24.5 Å². The first kappa shape index (κ1) is 27.1. The van der Waals surface area contributed by atoms with Crippen LogP contribution in [0.3, 0.4) is 0 Å². The Balaban J connectivity index is 2.01. The summed E-state index contributed by atoms with van der Waals surface area (Å²) < 4.78 is 5.50. The Labute approximate surface area is 212 Å². The summed E-state index contributed by atoms with van der Waals surface area (Å²) in [5.74, 6) is -1.14. The molecule has 35 heavy (non-hydrogen) atoms. The van der Waals surface area contributed by atoms with E-state index in [1.54, 1.807) is 54.1 Å². The molecule has 0 radical (unpaired) electrons. The quantitative estimate of drug-likeness (QED) is 0.262. The number of aliphatic hydroxyl groups is 1. The first-order valence-electron chi connectivity index (χ1n) is 11.6. The average Bonchev–Trinajstić information content (AvgIpc) is 2.83. The number of nitrogens with one attached hydrogen (secondary N) is 3. The number of fused-ring (bicyclic) bond motifs is 7. The summed E-state index contributed by atoms with van der Waals surface area (Å²) in [6.45, 7) is 1.78. The number of rotatable bonds is 2. The number of esters is 1. The summed E-state index contributed by atoms with van der Waals surface area (Å²) in [5, 5.41) is 18.9. The maximum Gasteiger partial charge on any atom is 0.309 e. The molecule has 190 valence electrons. The Bertz CT molecular complexity index is 929. The molecule has 1 aromatic carbocycles. The third-order valence-electron chi connectivity index (χ3n) is 5.65. The predicted molar refractivity (Wildman–Crippen MR) is 135 cm³/mol. The van der Waals surface area contributed by atoms with Gasteiger partial charge in [0.1, 0.15) is 18.2 Å². The zero-order valence-electron chi connectivity index (χ0n) is 19.5. The molecule has 3 amide bonds. The fourth-order valence-corrected chi connectivity index (χ4v) is 5.91. The Kier molecular flexibility index (Phi) is 10.5. The maximum absolute atomic E-state index is 13.3. The molecule has 2 bridgehead atoms. The van der Waals surface area contributed by atoms with Crippen LogP contribution >= 0.6 is 21.6 Å².